The fourth-order valence-electron chi connectivity index (χ4n) is 2.24. The Bertz CT molecular complexity index is 1070. The van der Waals surface area contributed by atoms with Gasteiger partial charge in [0.2, 0.25) is 5.88 Å². The number of hydrogen-bond acceptors (Lipinski definition) is 6. The maximum absolute atomic E-state index is 13.5. The number of aromatic nitrogens is 3. The van der Waals surface area contributed by atoms with Gasteiger partial charge in [0, 0.05) is 12.3 Å². The molecule has 28 heavy (non-hydrogen) atoms. The highest BCUT2D eigenvalue weighted by Gasteiger charge is 2.39. The standard InChI is InChI=1S/C15H9F6N3O3S/c1-26-7-2-3-24-8(4-7)22-11(15(19,20)21)10(13(24)25)12-23-9(5-28-12)27-6-14(16,17)18/h2-5H,6H2,1H3. The first kappa shape index (κ1) is 19.9. The van der Waals surface area contributed by atoms with Crippen molar-refractivity contribution in [1.82, 2.24) is 14.4 Å². The van der Waals surface area contributed by atoms with Gasteiger partial charge >= 0.3 is 12.4 Å². The summed E-state index contributed by atoms with van der Waals surface area (Å²) in [5.41, 5.74) is -3.80. The van der Waals surface area contributed by atoms with Crippen molar-refractivity contribution in [2.24, 2.45) is 0 Å². The molecule has 0 atom stereocenters. The molecule has 0 aliphatic rings. The van der Waals surface area contributed by atoms with Crippen molar-refractivity contribution in [3.05, 3.63) is 39.8 Å². The van der Waals surface area contributed by atoms with Gasteiger partial charge in [0.15, 0.2) is 12.3 Å². The van der Waals surface area contributed by atoms with Gasteiger partial charge in [-0.15, -0.1) is 11.3 Å². The van der Waals surface area contributed by atoms with E-state index in [1.165, 1.54) is 19.4 Å². The normalized spacial score (nSPS) is 12.4. The highest BCUT2D eigenvalue weighted by atomic mass is 32.1. The summed E-state index contributed by atoms with van der Waals surface area (Å²) in [6.07, 6.45) is -8.49. The first-order valence-corrected chi connectivity index (χ1v) is 8.20. The van der Waals surface area contributed by atoms with E-state index in [-0.39, 0.29) is 11.4 Å². The predicted octanol–water partition coefficient (Wildman–Crippen LogP) is 3.79. The Kier molecular flexibility index (Phi) is 4.95. The molecular formula is C15H9F6N3O3S. The van der Waals surface area contributed by atoms with E-state index < -0.39 is 46.7 Å². The van der Waals surface area contributed by atoms with Crippen LogP contribution in [-0.2, 0) is 6.18 Å². The minimum Gasteiger partial charge on any atom is -0.497 e. The van der Waals surface area contributed by atoms with Gasteiger partial charge in [0.25, 0.3) is 5.56 Å². The summed E-state index contributed by atoms with van der Waals surface area (Å²) < 4.78 is 87.3. The van der Waals surface area contributed by atoms with Gasteiger partial charge in [-0.05, 0) is 6.07 Å². The van der Waals surface area contributed by atoms with Crippen molar-refractivity contribution in [2.45, 2.75) is 12.4 Å². The minimum absolute atomic E-state index is 0.185. The van der Waals surface area contributed by atoms with Crippen molar-refractivity contribution >= 4 is 17.0 Å². The third-order valence-corrected chi connectivity index (χ3v) is 4.22. The van der Waals surface area contributed by atoms with E-state index in [1.54, 1.807) is 0 Å². The van der Waals surface area contributed by atoms with E-state index in [4.69, 9.17) is 4.74 Å². The molecule has 3 aromatic rings. The first-order chi connectivity index (χ1) is 13.0. The van der Waals surface area contributed by atoms with Crippen LogP contribution in [0.15, 0.2) is 28.5 Å². The van der Waals surface area contributed by atoms with E-state index in [0.29, 0.717) is 11.3 Å². The lowest BCUT2D eigenvalue weighted by atomic mass is 10.2. The van der Waals surface area contributed by atoms with E-state index in [1.807, 2.05) is 0 Å². The molecule has 0 aliphatic heterocycles. The van der Waals surface area contributed by atoms with Crippen LogP contribution in [0.1, 0.15) is 5.69 Å². The Hall–Kier alpha value is -2.83. The number of rotatable bonds is 4. The Morgan fingerprint density at radius 2 is 1.89 bits per heavy atom. The number of thiazole rings is 1. The van der Waals surface area contributed by atoms with Crippen LogP contribution in [0.2, 0.25) is 0 Å². The van der Waals surface area contributed by atoms with Gasteiger partial charge in [-0.3, -0.25) is 9.20 Å². The third-order valence-electron chi connectivity index (χ3n) is 3.39. The molecule has 0 saturated carbocycles. The van der Waals surface area contributed by atoms with E-state index >= 15 is 0 Å². The largest absolute Gasteiger partial charge is 0.497 e. The highest BCUT2D eigenvalue weighted by Crippen LogP contribution is 2.36. The lowest BCUT2D eigenvalue weighted by molar-refractivity contribution is -0.154. The zero-order valence-corrected chi connectivity index (χ0v) is 14.6. The molecular weight excluding hydrogens is 416 g/mol. The van der Waals surface area contributed by atoms with Crippen LogP contribution in [0, 0.1) is 0 Å². The summed E-state index contributed by atoms with van der Waals surface area (Å²) in [4.78, 5) is 19.7. The summed E-state index contributed by atoms with van der Waals surface area (Å²) in [6.45, 7) is -1.67. The summed E-state index contributed by atoms with van der Waals surface area (Å²) >= 11 is 0.532. The molecule has 0 radical (unpaired) electrons. The van der Waals surface area contributed by atoms with Crippen molar-refractivity contribution in [3.8, 4) is 22.2 Å². The number of fused-ring (bicyclic) bond motifs is 1. The smallest absolute Gasteiger partial charge is 0.434 e. The Morgan fingerprint density at radius 1 is 1.18 bits per heavy atom. The molecule has 6 nitrogen and oxygen atoms in total. The molecule has 0 N–H and O–H groups in total. The maximum atomic E-state index is 13.5. The second-order valence-electron chi connectivity index (χ2n) is 5.33. The molecule has 0 amide bonds. The van der Waals surface area contributed by atoms with Crippen LogP contribution in [0.5, 0.6) is 11.6 Å². The number of nitrogens with zero attached hydrogens (tertiary/aromatic N) is 3. The second-order valence-corrected chi connectivity index (χ2v) is 6.19. The van der Waals surface area contributed by atoms with Crippen molar-refractivity contribution in [2.75, 3.05) is 13.7 Å². The molecule has 0 spiro atoms. The van der Waals surface area contributed by atoms with Crippen LogP contribution >= 0.6 is 11.3 Å². The number of ether oxygens (including phenoxy) is 2. The van der Waals surface area contributed by atoms with Gasteiger partial charge in [0.05, 0.1) is 12.5 Å². The van der Waals surface area contributed by atoms with E-state index in [2.05, 4.69) is 14.7 Å². The predicted molar refractivity (Wildman–Crippen MR) is 85.7 cm³/mol. The Balaban J connectivity index is 2.16. The SMILES string of the molecule is COc1ccn2c(=O)c(-c3nc(OCC(F)(F)F)cs3)c(C(F)(F)F)nc2c1. The number of halogens is 6. The molecule has 0 aromatic carbocycles. The second kappa shape index (κ2) is 6.96. The molecule has 3 aromatic heterocycles. The average molecular weight is 425 g/mol. The molecule has 150 valence electrons. The van der Waals surface area contributed by atoms with Crippen molar-refractivity contribution < 1.29 is 35.8 Å². The molecule has 0 saturated heterocycles. The fraction of sp³-hybridized carbons (Fsp3) is 0.267. The van der Waals surface area contributed by atoms with E-state index in [9.17, 15) is 31.1 Å². The van der Waals surface area contributed by atoms with E-state index in [0.717, 1.165) is 15.8 Å². The fourth-order valence-corrected chi connectivity index (χ4v) is 3.02. The topological polar surface area (TPSA) is 65.7 Å². The molecule has 3 rings (SSSR count). The summed E-state index contributed by atoms with van der Waals surface area (Å²) in [6, 6.07) is 2.48. The Labute approximate surface area is 156 Å². The summed E-state index contributed by atoms with van der Waals surface area (Å²) in [5.74, 6) is -0.366. The molecule has 0 fully saturated rings. The summed E-state index contributed by atoms with van der Waals surface area (Å²) in [7, 11) is 1.29. The van der Waals surface area contributed by atoms with Gasteiger partial charge in [0.1, 0.15) is 22.0 Å². The number of alkyl halides is 6. The van der Waals surface area contributed by atoms with Crippen LogP contribution in [0.4, 0.5) is 26.3 Å². The average Bonchev–Trinajstić information content (AvgIpc) is 3.06. The van der Waals surface area contributed by atoms with Crippen LogP contribution in [0.3, 0.4) is 0 Å². The number of methoxy groups -OCH3 is 1. The van der Waals surface area contributed by atoms with Gasteiger partial charge in [-0.1, -0.05) is 0 Å². The molecule has 13 heteroatoms. The highest BCUT2D eigenvalue weighted by molar-refractivity contribution is 7.13. The zero-order valence-electron chi connectivity index (χ0n) is 13.8. The summed E-state index contributed by atoms with van der Waals surface area (Å²) in [5, 5.41) is 0.510. The zero-order chi connectivity index (χ0) is 20.7. The van der Waals surface area contributed by atoms with Crippen molar-refractivity contribution in [1.29, 1.82) is 0 Å². The Morgan fingerprint density at radius 3 is 2.50 bits per heavy atom. The van der Waals surface area contributed by atoms with Crippen LogP contribution in [0.25, 0.3) is 16.2 Å². The number of hydrogen-bond donors (Lipinski definition) is 0. The van der Waals surface area contributed by atoms with Crippen LogP contribution in [-0.4, -0.2) is 34.3 Å². The molecule has 0 aliphatic carbocycles. The van der Waals surface area contributed by atoms with Gasteiger partial charge in [-0.25, -0.2) is 9.97 Å². The third kappa shape index (κ3) is 4.03. The van der Waals surface area contributed by atoms with Gasteiger partial charge < -0.3 is 9.47 Å². The molecule has 0 unspecified atom stereocenters. The maximum Gasteiger partial charge on any atom is 0.434 e. The lowest BCUT2D eigenvalue weighted by Gasteiger charge is -2.12. The first-order valence-electron chi connectivity index (χ1n) is 7.32. The monoisotopic (exact) mass is 425 g/mol. The molecule has 0 bridgehead atoms. The quantitative estimate of drug-likeness (QED) is 0.596. The van der Waals surface area contributed by atoms with Crippen LogP contribution < -0.4 is 15.0 Å². The minimum atomic E-state index is -5.01. The van der Waals surface area contributed by atoms with Crippen molar-refractivity contribution in [3.63, 3.8) is 0 Å². The lowest BCUT2D eigenvalue weighted by Crippen LogP contribution is -2.24. The number of pyridine rings is 1. The van der Waals surface area contributed by atoms with Gasteiger partial charge in [-0.2, -0.15) is 26.3 Å². The molecule has 3 heterocycles.